The lowest BCUT2D eigenvalue weighted by Crippen LogP contribution is -2.36. The Balaban J connectivity index is 1.33. The fraction of sp³-hybridized carbons (Fsp3) is 0.750. The molecule has 4 atom stereocenters. The highest BCUT2D eigenvalue weighted by Crippen LogP contribution is 2.60. The lowest BCUT2D eigenvalue weighted by atomic mass is 9.58. The zero-order valence-corrected chi connectivity index (χ0v) is 25.3. The summed E-state index contributed by atoms with van der Waals surface area (Å²) in [4.78, 5) is 2.26. The number of aryl methyl sites for hydroxylation is 1. The van der Waals surface area contributed by atoms with Crippen molar-refractivity contribution in [3.05, 3.63) is 41.5 Å². The summed E-state index contributed by atoms with van der Waals surface area (Å²) in [6, 6.07) is 5.97. The maximum absolute atomic E-state index is 12.9. The first kappa shape index (κ1) is 33.2. The highest BCUT2D eigenvalue weighted by molar-refractivity contribution is 7.99. The monoisotopic (exact) mass is 589 g/mol. The smallest absolute Gasteiger partial charge is 0.453 e. The number of phenols is 1. The van der Waals surface area contributed by atoms with E-state index in [2.05, 4.69) is 38.4 Å². The van der Waals surface area contributed by atoms with Gasteiger partial charge in [0.15, 0.2) is 0 Å². The van der Waals surface area contributed by atoms with Crippen molar-refractivity contribution in [3.8, 4) is 5.75 Å². The second kappa shape index (κ2) is 14.3. The van der Waals surface area contributed by atoms with Crippen LogP contribution in [0.2, 0.25) is 0 Å². The average Bonchev–Trinajstić information content (AvgIpc) is 3.18. The molecule has 0 radical (unpaired) electrons. The summed E-state index contributed by atoms with van der Waals surface area (Å²) in [7, 11) is 2.07. The summed E-state index contributed by atoms with van der Waals surface area (Å²) in [6.07, 6.45) is 3.15. The molecule has 0 heterocycles. The normalized spacial score (nSPS) is 25.5. The summed E-state index contributed by atoms with van der Waals surface area (Å²) in [5.74, 6) is -1.34. The van der Waals surface area contributed by atoms with Gasteiger partial charge in [0, 0.05) is 6.42 Å². The Morgan fingerprint density at radius 3 is 2.45 bits per heavy atom. The van der Waals surface area contributed by atoms with E-state index in [9.17, 15) is 27.1 Å². The minimum absolute atomic E-state index is 0.136. The zero-order chi connectivity index (χ0) is 29.6. The van der Waals surface area contributed by atoms with Gasteiger partial charge in [-0.15, -0.1) is 0 Å². The predicted octanol–water partition coefficient (Wildman–Crippen LogP) is 9.62. The van der Waals surface area contributed by atoms with Crippen LogP contribution in [0.5, 0.6) is 5.75 Å². The topological polar surface area (TPSA) is 23.5 Å². The number of phenolic OH excluding ortho intramolecular Hbond substituents is 1. The van der Waals surface area contributed by atoms with Gasteiger partial charge in [0.25, 0.3) is 0 Å². The number of nitrogens with zero attached hydrogens (tertiary/aromatic N) is 1. The fourth-order valence-corrected chi connectivity index (χ4v) is 7.96. The Morgan fingerprint density at radius 1 is 1.02 bits per heavy atom. The largest absolute Gasteiger partial charge is 0.508 e. The maximum atomic E-state index is 12.9. The van der Waals surface area contributed by atoms with Crippen LogP contribution in [0, 0.1) is 17.3 Å². The molecule has 3 rings (SSSR count). The van der Waals surface area contributed by atoms with Gasteiger partial charge in [0.2, 0.25) is 0 Å². The van der Waals surface area contributed by atoms with Crippen LogP contribution < -0.4 is 0 Å². The molecule has 228 valence electrons. The van der Waals surface area contributed by atoms with E-state index in [0.717, 1.165) is 57.4 Å². The van der Waals surface area contributed by atoms with Crippen molar-refractivity contribution in [2.24, 2.45) is 17.3 Å². The Labute approximate surface area is 242 Å². The molecule has 4 unspecified atom stereocenters. The van der Waals surface area contributed by atoms with E-state index >= 15 is 0 Å². The van der Waals surface area contributed by atoms with E-state index in [1.54, 1.807) is 0 Å². The second-order valence-corrected chi connectivity index (χ2v) is 13.7. The minimum atomic E-state index is -5.45. The molecule has 40 heavy (non-hydrogen) atoms. The molecule has 2 nitrogen and oxygen atoms in total. The van der Waals surface area contributed by atoms with Crippen molar-refractivity contribution in [2.75, 3.05) is 31.6 Å². The number of allylic oxidation sites excluding steroid dienone is 1. The molecule has 8 heteroatoms. The molecular weight excluding hydrogens is 541 g/mol. The predicted molar refractivity (Wildman–Crippen MR) is 156 cm³/mol. The molecule has 1 aromatic carbocycles. The van der Waals surface area contributed by atoms with E-state index in [1.807, 2.05) is 12.1 Å². The molecule has 2 fully saturated rings. The van der Waals surface area contributed by atoms with Crippen LogP contribution in [0.4, 0.5) is 22.0 Å². The van der Waals surface area contributed by atoms with Crippen LogP contribution in [0.15, 0.2) is 30.4 Å². The zero-order valence-electron chi connectivity index (χ0n) is 24.5. The summed E-state index contributed by atoms with van der Waals surface area (Å²) in [5.41, 5.74) is 4.42. The lowest BCUT2D eigenvalue weighted by Gasteiger charge is -2.46. The highest BCUT2D eigenvalue weighted by atomic mass is 32.2. The van der Waals surface area contributed by atoms with Gasteiger partial charge in [-0.25, -0.2) is 0 Å². The van der Waals surface area contributed by atoms with Gasteiger partial charge in [0.05, 0.1) is 0 Å². The number of hydrogen-bond acceptors (Lipinski definition) is 3. The quantitative estimate of drug-likeness (QED) is 0.125. The molecule has 0 amide bonds. The van der Waals surface area contributed by atoms with E-state index in [0.29, 0.717) is 29.3 Å². The van der Waals surface area contributed by atoms with E-state index in [4.69, 9.17) is 0 Å². The van der Waals surface area contributed by atoms with Crippen LogP contribution in [0.25, 0.3) is 0 Å². The van der Waals surface area contributed by atoms with Crippen molar-refractivity contribution >= 4 is 11.8 Å². The first-order valence-electron chi connectivity index (χ1n) is 15.0. The van der Waals surface area contributed by atoms with Crippen molar-refractivity contribution in [3.63, 3.8) is 0 Å². The molecule has 2 saturated carbocycles. The van der Waals surface area contributed by atoms with Crippen molar-refractivity contribution in [1.82, 2.24) is 4.90 Å². The molecule has 2 aliphatic rings. The third-order valence-corrected chi connectivity index (χ3v) is 10.8. The number of alkyl halides is 5. The summed E-state index contributed by atoms with van der Waals surface area (Å²) >= 11 is 1.44. The third kappa shape index (κ3) is 8.39. The van der Waals surface area contributed by atoms with E-state index in [-0.39, 0.29) is 11.8 Å². The van der Waals surface area contributed by atoms with Crippen LogP contribution >= 0.6 is 11.8 Å². The Hall–Kier alpha value is -1.28. The Morgan fingerprint density at radius 2 is 1.73 bits per heavy atom. The standard InChI is InChI=1S/C32H48F5NOS/c1-23-11-14-29-24(2)27(15-17-30(23,29)3)28-13-12-26(39)22-25(28)10-6-5-7-18-38(4)19-9-21-40-20-8-16-31(33,34)32(35,36)37/h12-13,22,24,27,29,39H,1,5-11,14-21H2,2-4H3. The van der Waals surface area contributed by atoms with Gasteiger partial charge in [-0.3, -0.25) is 0 Å². The summed E-state index contributed by atoms with van der Waals surface area (Å²) in [6.45, 7) is 11.1. The molecule has 0 bridgehead atoms. The molecule has 0 aromatic heterocycles. The summed E-state index contributed by atoms with van der Waals surface area (Å²) in [5, 5.41) is 10.2. The number of fused-ring (bicyclic) bond motifs is 1. The number of benzene rings is 1. The lowest BCUT2D eigenvalue weighted by molar-refractivity contribution is -0.284. The second-order valence-electron chi connectivity index (χ2n) is 12.4. The van der Waals surface area contributed by atoms with Gasteiger partial charge < -0.3 is 10.0 Å². The Bertz CT molecular complexity index is 967. The van der Waals surface area contributed by atoms with Crippen molar-refractivity contribution < 1.29 is 27.1 Å². The van der Waals surface area contributed by atoms with Gasteiger partial charge in [-0.2, -0.15) is 33.7 Å². The number of thioether (sulfide) groups is 1. The van der Waals surface area contributed by atoms with Crippen LogP contribution in [0.1, 0.15) is 95.1 Å². The number of aromatic hydroxyl groups is 1. The van der Waals surface area contributed by atoms with Crippen LogP contribution in [0.3, 0.4) is 0 Å². The van der Waals surface area contributed by atoms with Crippen LogP contribution in [-0.2, 0) is 6.42 Å². The maximum Gasteiger partial charge on any atom is 0.453 e. The first-order valence-corrected chi connectivity index (χ1v) is 16.1. The van der Waals surface area contributed by atoms with E-state index < -0.39 is 18.5 Å². The van der Waals surface area contributed by atoms with Crippen molar-refractivity contribution in [2.45, 2.75) is 102 Å². The van der Waals surface area contributed by atoms with Crippen molar-refractivity contribution in [1.29, 1.82) is 0 Å². The molecule has 1 aromatic rings. The molecule has 0 aliphatic heterocycles. The van der Waals surface area contributed by atoms with Gasteiger partial charge in [-0.1, -0.05) is 38.5 Å². The first-order chi connectivity index (χ1) is 18.8. The molecule has 2 aliphatic carbocycles. The Kier molecular flexibility index (Phi) is 11.8. The number of unbranched alkanes of at least 4 members (excludes halogenated alkanes) is 2. The SMILES string of the molecule is C=C1CCC2C(C)C(c3ccc(O)cc3CCCCCN(C)CCCSCCCC(F)(F)C(F)(F)F)CCC12C. The number of rotatable bonds is 15. The number of hydrogen-bond donors (Lipinski definition) is 1. The molecule has 0 spiro atoms. The molecule has 0 saturated heterocycles. The van der Waals surface area contributed by atoms with Gasteiger partial charge in [-0.05, 0) is 136 Å². The van der Waals surface area contributed by atoms with Crippen LogP contribution in [-0.4, -0.2) is 53.7 Å². The summed E-state index contributed by atoms with van der Waals surface area (Å²) < 4.78 is 62.5. The van der Waals surface area contributed by atoms with Gasteiger partial charge in [0.1, 0.15) is 5.75 Å². The molecule has 1 N–H and O–H groups in total. The third-order valence-electron chi connectivity index (χ3n) is 9.66. The highest BCUT2D eigenvalue weighted by Gasteiger charge is 2.56. The fourth-order valence-electron chi connectivity index (χ4n) is 7.07. The average molecular weight is 590 g/mol. The number of halogens is 5. The van der Waals surface area contributed by atoms with Gasteiger partial charge >= 0.3 is 12.1 Å². The van der Waals surface area contributed by atoms with E-state index in [1.165, 1.54) is 47.7 Å². The molecular formula is C32H48F5NOS. The minimum Gasteiger partial charge on any atom is -0.508 e.